The predicted octanol–water partition coefficient (Wildman–Crippen LogP) is 6.34. The summed E-state index contributed by atoms with van der Waals surface area (Å²) in [6.07, 6.45) is -1.06. The number of esters is 1. The number of hydrogen-bond acceptors (Lipinski definition) is 4. The minimum absolute atomic E-state index is 0.0600. The summed E-state index contributed by atoms with van der Waals surface area (Å²) in [7, 11) is 0. The van der Waals surface area contributed by atoms with E-state index in [0.29, 0.717) is 21.9 Å². The zero-order valence-corrected chi connectivity index (χ0v) is 19.2. The Morgan fingerprint density at radius 1 is 1.18 bits per heavy atom. The molecular weight excluding hydrogens is 431 g/mol. The predicted molar refractivity (Wildman–Crippen MR) is 119 cm³/mol. The van der Waals surface area contributed by atoms with Crippen molar-refractivity contribution in [2.75, 3.05) is 0 Å². The van der Waals surface area contributed by atoms with Crippen molar-refractivity contribution in [3.05, 3.63) is 53.3 Å². The Kier molecular flexibility index (Phi) is 6.20. The maximum absolute atomic E-state index is 13.8. The lowest BCUT2D eigenvalue weighted by atomic mass is 9.75. The lowest BCUT2D eigenvalue weighted by Gasteiger charge is -2.36. The molecular formula is C25H28F3N3O2. The van der Waals surface area contributed by atoms with Crippen molar-refractivity contribution < 1.29 is 22.7 Å². The number of carbonyl (C=O) groups is 1. The average molecular weight is 460 g/mol. The molecule has 0 N–H and O–H groups in total. The minimum atomic E-state index is -4.67. The Hall–Kier alpha value is -2.90. The van der Waals surface area contributed by atoms with E-state index in [9.17, 15) is 18.0 Å². The van der Waals surface area contributed by atoms with E-state index in [1.54, 1.807) is 24.3 Å². The first-order valence-electron chi connectivity index (χ1n) is 11.3. The lowest BCUT2D eigenvalue weighted by molar-refractivity contribution is -0.142. The number of aryl methyl sites for hydroxylation is 1. The number of fused-ring (bicyclic) bond motifs is 1. The summed E-state index contributed by atoms with van der Waals surface area (Å²) in [6.45, 7) is 8.21. The van der Waals surface area contributed by atoms with Crippen molar-refractivity contribution in [1.82, 2.24) is 14.6 Å². The van der Waals surface area contributed by atoms with E-state index in [-0.39, 0.29) is 28.9 Å². The van der Waals surface area contributed by atoms with Crippen LogP contribution in [0.15, 0.2) is 36.5 Å². The summed E-state index contributed by atoms with van der Waals surface area (Å²) < 4.78 is 48.1. The lowest BCUT2D eigenvalue weighted by Crippen LogP contribution is -2.35. The highest BCUT2D eigenvalue weighted by Gasteiger charge is 2.37. The molecule has 1 aromatic carbocycles. The Bertz CT molecular complexity index is 1150. The zero-order valence-electron chi connectivity index (χ0n) is 19.2. The second-order valence-corrected chi connectivity index (χ2v) is 9.45. The summed E-state index contributed by atoms with van der Waals surface area (Å²) in [6, 6.07) is 7.97. The molecule has 176 valence electrons. The first-order chi connectivity index (χ1) is 15.5. The topological polar surface area (TPSA) is 56.5 Å². The van der Waals surface area contributed by atoms with E-state index in [2.05, 4.69) is 30.9 Å². The number of benzene rings is 1. The van der Waals surface area contributed by atoms with Gasteiger partial charge in [-0.1, -0.05) is 57.0 Å². The molecule has 2 heterocycles. The van der Waals surface area contributed by atoms with Gasteiger partial charge < -0.3 is 4.74 Å². The van der Waals surface area contributed by atoms with Gasteiger partial charge in [0.15, 0.2) is 11.3 Å². The molecule has 8 heteroatoms. The van der Waals surface area contributed by atoms with Crippen LogP contribution in [0.1, 0.15) is 61.6 Å². The van der Waals surface area contributed by atoms with E-state index in [1.165, 1.54) is 0 Å². The summed E-state index contributed by atoms with van der Waals surface area (Å²) in [5.74, 6) is 0.289. The summed E-state index contributed by atoms with van der Waals surface area (Å²) in [4.78, 5) is 17.5. The molecule has 3 atom stereocenters. The van der Waals surface area contributed by atoms with Crippen LogP contribution in [0.5, 0.6) is 0 Å². The molecule has 5 nitrogen and oxygen atoms in total. The molecule has 3 aromatic rings. The molecule has 0 saturated heterocycles. The van der Waals surface area contributed by atoms with E-state index in [0.717, 1.165) is 37.1 Å². The summed E-state index contributed by atoms with van der Waals surface area (Å²) >= 11 is 0. The van der Waals surface area contributed by atoms with Gasteiger partial charge in [0, 0.05) is 5.56 Å². The molecule has 1 aliphatic rings. The monoisotopic (exact) mass is 459 g/mol. The Balaban J connectivity index is 1.75. The molecule has 33 heavy (non-hydrogen) atoms. The van der Waals surface area contributed by atoms with Gasteiger partial charge in [0.25, 0.3) is 0 Å². The highest BCUT2D eigenvalue weighted by atomic mass is 19.4. The van der Waals surface area contributed by atoms with Gasteiger partial charge in [0.05, 0.1) is 11.9 Å². The molecule has 1 aliphatic carbocycles. The third-order valence-corrected chi connectivity index (χ3v) is 6.55. The molecule has 0 radical (unpaired) electrons. The third kappa shape index (κ3) is 4.75. The van der Waals surface area contributed by atoms with Crippen LogP contribution in [0.2, 0.25) is 0 Å². The highest BCUT2D eigenvalue weighted by Crippen LogP contribution is 2.37. The fourth-order valence-corrected chi connectivity index (χ4v) is 4.63. The molecule has 0 aliphatic heterocycles. The molecule has 0 bridgehead atoms. The smallest absolute Gasteiger partial charge is 0.433 e. The van der Waals surface area contributed by atoms with Gasteiger partial charge in [-0.05, 0) is 43.6 Å². The minimum Gasteiger partial charge on any atom is -0.458 e. The molecule has 1 saturated carbocycles. The van der Waals surface area contributed by atoms with Gasteiger partial charge in [-0.25, -0.2) is 14.3 Å². The molecule has 0 spiro atoms. The largest absolute Gasteiger partial charge is 0.458 e. The van der Waals surface area contributed by atoms with Gasteiger partial charge in [-0.3, -0.25) is 0 Å². The van der Waals surface area contributed by atoms with Gasteiger partial charge in [0.2, 0.25) is 0 Å². The maximum atomic E-state index is 13.8. The summed E-state index contributed by atoms with van der Waals surface area (Å²) in [5.41, 5.74) is 0.413. The van der Waals surface area contributed by atoms with Crippen molar-refractivity contribution in [3.63, 3.8) is 0 Å². The quantitative estimate of drug-likeness (QED) is 0.427. The van der Waals surface area contributed by atoms with Crippen molar-refractivity contribution in [3.8, 4) is 11.3 Å². The van der Waals surface area contributed by atoms with E-state index in [1.807, 2.05) is 6.92 Å². The maximum Gasteiger partial charge on any atom is 0.433 e. The van der Waals surface area contributed by atoms with Crippen molar-refractivity contribution >= 4 is 11.6 Å². The second kappa shape index (κ2) is 8.80. The van der Waals surface area contributed by atoms with Crippen LogP contribution in [0.25, 0.3) is 16.9 Å². The number of halogens is 3. The standard InChI is InChI=1S/C25H28F3N3O2/c1-14(2)18-10-7-16(4)11-21(18)33-24(32)19-13-29-31-22(25(26,27)28)12-20(30-23(19)31)17-8-5-15(3)6-9-17/h5-6,8-9,12-14,16,18,21H,7,10-11H2,1-4H3/t16-,18+,21-/m0/s1. The third-order valence-electron chi connectivity index (χ3n) is 6.55. The molecule has 1 fully saturated rings. The number of alkyl halides is 3. The number of carbonyl (C=O) groups excluding carboxylic acids is 1. The van der Waals surface area contributed by atoms with E-state index >= 15 is 0 Å². The number of rotatable bonds is 4. The van der Waals surface area contributed by atoms with Crippen LogP contribution in [-0.2, 0) is 10.9 Å². The van der Waals surface area contributed by atoms with Crippen LogP contribution in [0.3, 0.4) is 0 Å². The number of aromatic nitrogens is 3. The van der Waals surface area contributed by atoms with E-state index < -0.39 is 17.8 Å². The van der Waals surface area contributed by atoms with Crippen LogP contribution < -0.4 is 0 Å². The molecule has 0 unspecified atom stereocenters. The van der Waals surface area contributed by atoms with Crippen LogP contribution in [0.4, 0.5) is 13.2 Å². The number of hydrogen-bond donors (Lipinski definition) is 0. The second-order valence-electron chi connectivity index (χ2n) is 9.45. The first kappa shape index (κ1) is 23.3. The first-order valence-corrected chi connectivity index (χ1v) is 11.3. The van der Waals surface area contributed by atoms with Crippen LogP contribution in [-0.4, -0.2) is 26.7 Å². The van der Waals surface area contributed by atoms with Gasteiger partial charge >= 0.3 is 12.1 Å². The fraction of sp³-hybridized carbons (Fsp3) is 0.480. The zero-order chi connectivity index (χ0) is 23.9. The van der Waals surface area contributed by atoms with Crippen LogP contribution >= 0.6 is 0 Å². The Morgan fingerprint density at radius 3 is 2.52 bits per heavy atom. The highest BCUT2D eigenvalue weighted by molar-refractivity contribution is 5.96. The number of nitrogens with zero attached hydrogens (tertiary/aromatic N) is 3. The van der Waals surface area contributed by atoms with Crippen LogP contribution in [0, 0.1) is 24.7 Å². The SMILES string of the molecule is Cc1ccc(-c2cc(C(F)(F)F)n3ncc(C(=O)O[C@H]4C[C@@H](C)CC[C@@H]4C(C)C)c3n2)cc1. The van der Waals surface area contributed by atoms with E-state index in [4.69, 9.17) is 4.74 Å². The van der Waals surface area contributed by atoms with Gasteiger partial charge in [0.1, 0.15) is 11.7 Å². The van der Waals surface area contributed by atoms with Gasteiger partial charge in [-0.15, -0.1) is 0 Å². The normalized spacial score (nSPS) is 21.5. The Morgan fingerprint density at radius 2 is 1.88 bits per heavy atom. The molecule has 0 amide bonds. The molecule has 4 rings (SSSR count). The number of ether oxygens (including phenoxy) is 1. The fourth-order valence-electron chi connectivity index (χ4n) is 4.63. The summed E-state index contributed by atoms with van der Waals surface area (Å²) in [5, 5.41) is 3.85. The van der Waals surface area contributed by atoms with Crippen molar-refractivity contribution in [1.29, 1.82) is 0 Å². The van der Waals surface area contributed by atoms with Gasteiger partial charge in [-0.2, -0.15) is 18.3 Å². The van der Waals surface area contributed by atoms with Crippen molar-refractivity contribution in [2.24, 2.45) is 17.8 Å². The molecule has 2 aromatic heterocycles. The van der Waals surface area contributed by atoms with Crippen molar-refractivity contribution in [2.45, 2.75) is 59.2 Å². The average Bonchev–Trinajstić information content (AvgIpc) is 3.16. The Labute approximate surface area is 191 Å².